The smallest absolute Gasteiger partial charge is 0.325 e. The summed E-state index contributed by atoms with van der Waals surface area (Å²) in [6, 6.07) is 0. The molecule has 0 aliphatic carbocycles. The molecule has 0 radical (unpaired) electrons. The van der Waals surface area contributed by atoms with E-state index in [-0.39, 0.29) is 23.1 Å². The van der Waals surface area contributed by atoms with Crippen molar-refractivity contribution >= 4 is 7.60 Å². The van der Waals surface area contributed by atoms with E-state index in [1.54, 1.807) is 12.5 Å². The molecule has 1 aromatic rings. The van der Waals surface area contributed by atoms with Crippen molar-refractivity contribution < 1.29 is 35.9 Å². The van der Waals surface area contributed by atoms with Crippen molar-refractivity contribution in [3.05, 3.63) is 18.7 Å². The maximum Gasteiger partial charge on any atom is 0.325 e. The van der Waals surface area contributed by atoms with Gasteiger partial charge in [-0.25, -0.2) is 4.57 Å². The van der Waals surface area contributed by atoms with E-state index in [2.05, 4.69) is 4.98 Å². The van der Waals surface area contributed by atoms with Gasteiger partial charge in [0.2, 0.25) is 6.33 Å². The van der Waals surface area contributed by atoms with Gasteiger partial charge in [0.25, 0.3) is 0 Å². The van der Waals surface area contributed by atoms with Crippen molar-refractivity contribution in [3.8, 4) is 0 Å². The van der Waals surface area contributed by atoms with Crippen LogP contribution in [0.2, 0.25) is 0 Å². The number of halogens is 1. The molecule has 0 saturated heterocycles. The van der Waals surface area contributed by atoms with Gasteiger partial charge < -0.3 is 26.8 Å². The van der Waals surface area contributed by atoms with Gasteiger partial charge in [-0.1, -0.05) is 0 Å². The molecule has 0 aliphatic rings. The number of hydrogen-bond donors (Lipinski definition) is 3. The molecule has 0 atom stereocenters. The van der Waals surface area contributed by atoms with E-state index in [4.69, 9.17) is 9.79 Å². The van der Waals surface area contributed by atoms with Crippen LogP contribution in [0.15, 0.2) is 18.7 Å². The van der Waals surface area contributed by atoms with Crippen LogP contribution >= 0.6 is 7.60 Å². The summed E-state index contributed by atoms with van der Waals surface area (Å²) in [5.41, 5.74) is 0. The summed E-state index contributed by atoms with van der Waals surface area (Å²) in [4.78, 5) is 19.9. The summed E-state index contributed by atoms with van der Waals surface area (Å²) in [6.07, 6.45) is 5.77. The van der Waals surface area contributed by atoms with E-state index in [0.717, 1.165) is 0 Å². The zero-order chi connectivity index (χ0) is 9.03. The van der Waals surface area contributed by atoms with E-state index in [1.165, 1.54) is 0 Å². The fourth-order valence-corrected chi connectivity index (χ4v) is 1.47. The summed E-state index contributed by atoms with van der Waals surface area (Å²) < 4.78 is 12.3. The van der Waals surface area contributed by atoms with Crippen LogP contribution in [0.3, 0.4) is 0 Å². The number of aryl methyl sites for hydroxylation is 1. The Morgan fingerprint density at radius 1 is 1.46 bits per heavy atom. The highest BCUT2D eigenvalue weighted by Crippen LogP contribution is 2.34. The molecule has 7 heteroatoms. The Hall–Kier alpha value is -0.160. The third-order valence-electron chi connectivity index (χ3n) is 1.47. The first-order chi connectivity index (χ1) is 5.58. The number of rotatable bonds is 4. The Labute approximate surface area is 86.7 Å². The van der Waals surface area contributed by atoms with E-state index in [0.29, 0.717) is 13.0 Å². The van der Waals surface area contributed by atoms with Crippen LogP contribution in [0.5, 0.6) is 0 Å². The first-order valence-corrected chi connectivity index (χ1v) is 5.44. The van der Waals surface area contributed by atoms with E-state index in [1.807, 2.05) is 10.8 Å². The van der Waals surface area contributed by atoms with Crippen molar-refractivity contribution in [2.24, 2.45) is 0 Å². The highest BCUT2D eigenvalue weighted by Gasteiger charge is 2.12. The van der Waals surface area contributed by atoms with Gasteiger partial charge in [-0.05, 0) is 6.42 Å². The van der Waals surface area contributed by atoms with Gasteiger partial charge in [-0.3, -0.25) is 9.55 Å². The number of aromatic amines is 1. The summed E-state index contributed by atoms with van der Waals surface area (Å²) in [5, 5.41) is 0. The summed E-state index contributed by atoms with van der Waals surface area (Å²) in [6.45, 7) is 0.634. The Morgan fingerprint density at radius 3 is 2.62 bits per heavy atom. The van der Waals surface area contributed by atoms with E-state index in [9.17, 15) is 4.57 Å². The second-order valence-electron chi connectivity index (χ2n) is 2.59. The second kappa shape index (κ2) is 5.54. The average molecular weight is 271 g/mol. The standard InChI is InChI=1S/C6H11N2O3P.BrH/c9-12(10,11)5-1-3-8-4-2-7-6-8;/h2,4,6H,1,3,5H2,(H2,9,10,11);1H. The highest BCUT2D eigenvalue weighted by molar-refractivity contribution is 7.51. The van der Waals surface area contributed by atoms with Crippen LogP contribution in [-0.2, 0) is 11.1 Å². The van der Waals surface area contributed by atoms with Crippen LogP contribution in [0.25, 0.3) is 0 Å². The van der Waals surface area contributed by atoms with E-state index >= 15 is 0 Å². The summed E-state index contributed by atoms with van der Waals surface area (Å²) >= 11 is 0. The first kappa shape index (κ1) is 12.8. The Bertz CT molecular complexity index is 271. The van der Waals surface area contributed by atoms with Crippen LogP contribution in [-0.4, -0.2) is 20.9 Å². The molecule has 0 amide bonds. The predicted octanol–water partition coefficient (Wildman–Crippen LogP) is -3.13. The SMILES string of the molecule is O=P(O)(O)CCC[n+]1cc[nH]c1.[Br-]. The summed E-state index contributed by atoms with van der Waals surface area (Å²) in [5.74, 6) is 0. The lowest BCUT2D eigenvalue weighted by Gasteiger charge is -2.00. The van der Waals surface area contributed by atoms with Gasteiger partial charge in [-0.2, -0.15) is 0 Å². The molecule has 3 N–H and O–H groups in total. The van der Waals surface area contributed by atoms with Gasteiger partial charge in [0.1, 0.15) is 12.4 Å². The minimum atomic E-state index is -3.81. The molecule has 5 nitrogen and oxygen atoms in total. The Kier molecular flexibility index (Phi) is 5.48. The molecule has 0 aromatic carbocycles. The summed E-state index contributed by atoms with van der Waals surface area (Å²) in [7, 11) is -3.81. The van der Waals surface area contributed by atoms with Crippen molar-refractivity contribution in [1.82, 2.24) is 4.98 Å². The predicted molar refractivity (Wildman–Crippen MR) is 42.5 cm³/mol. The maximum atomic E-state index is 10.4. The van der Waals surface area contributed by atoms with Crippen LogP contribution in [0.1, 0.15) is 6.42 Å². The number of nitrogens with one attached hydrogen (secondary N) is 1. The minimum absolute atomic E-state index is 0. The Morgan fingerprint density at radius 2 is 2.15 bits per heavy atom. The van der Waals surface area contributed by atoms with Crippen LogP contribution in [0, 0.1) is 0 Å². The van der Waals surface area contributed by atoms with Gasteiger partial charge in [0.05, 0.1) is 12.7 Å². The number of H-pyrrole nitrogens is 1. The molecular formula is C6H12BrN2O3P. The maximum absolute atomic E-state index is 10.4. The van der Waals surface area contributed by atoms with Crippen molar-refractivity contribution in [3.63, 3.8) is 0 Å². The molecule has 0 unspecified atom stereocenters. The molecule has 1 heterocycles. The van der Waals surface area contributed by atoms with Crippen LogP contribution in [0.4, 0.5) is 0 Å². The molecular weight excluding hydrogens is 259 g/mol. The molecule has 1 rings (SSSR count). The highest BCUT2D eigenvalue weighted by atomic mass is 79.9. The number of nitrogens with zero attached hydrogens (tertiary/aromatic N) is 1. The molecule has 0 spiro atoms. The number of hydrogen-bond acceptors (Lipinski definition) is 1. The molecule has 0 fully saturated rings. The second-order valence-corrected chi connectivity index (χ2v) is 4.37. The van der Waals surface area contributed by atoms with Crippen LogP contribution < -0.4 is 21.5 Å². The van der Waals surface area contributed by atoms with Gasteiger partial charge in [0, 0.05) is 0 Å². The average Bonchev–Trinajstić information content (AvgIpc) is 2.36. The quantitative estimate of drug-likeness (QED) is 0.400. The molecule has 76 valence electrons. The topological polar surface area (TPSA) is 77.2 Å². The fourth-order valence-electron chi connectivity index (χ4n) is 0.919. The lowest BCUT2D eigenvalue weighted by molar-refractivity contribution is -0.695. The Balaban J connectivity index is 0.00000144. The fraction of sp³-hybridized carbons (Fsp3) is 0.500. The molecule has 0 aliphatic heterocycles. The number of imidazole rings is 1. The third-order valence-corrected chi connectivity index (χ3v) is 2.37. The first-order valence-electron chi connectivity index (χ1n) is 3.64. The largest absolute Gasteiger partial charge is 1.00 e. The van der Waals surface area contributed by atoms with Gasteiger partial charge in [-0.15, -0.1) is 0 Å². The zero-order valence-corrected chi connectivity index (χ0v) is 9.41. The van der Waals surface area contributed by atoms with Crippen molar-refractivity contribution in [2.45, 2.75) is 13.0 Å². The van der Waals surface area contributed by atoms with Gasteiger partial charge >= 0.3 is 7.60 Å². The minimum Gasteiger partial charge on any atom is -1.00 e. The molecule has 0 bridgehead atoms. The molecule has 13 heavy (non-hydrogen) atoms. The molecule has 1 aromatic heterocycles. The van der Waals surface area contributed by atoms with Crippen molar-refractivity contribution in [1.29, 1.82) is 0 Å². The number of aromatic nitrogens is 2. The zero-order valence-electron chi connectivity index (χ0n) is 6.93. The van der Waals surface area contributed by atoms with E-state index < -0.39 is 7.60 Å². The molecule has 0 saturated carbocycles. The lowest BCUT2D eigenvalue weighted by atomic mass is 10.5. The normalized spacial score (nSPS) is 10.9. The van der Waals surface area contributed by atoms with Gasteiger partial charge in [0.15, 0.2) is 0 Å². The lowest BCUT2D eigenvalue weighted by Crippen LogP contribution is -3.00. The monoisotopic (exact) mass is 270 g/mol. The van der Waals surface area contributed by atoms with Crippen molar-refractivity contribution in [2.75, 3.05) is 6.16 Å². The third kappa shape index (κ3) is 5.99.